The summed E-state index contributed by atoms with van der Waals surface area (Å²) in [6, 6.07) is 6.46. The summed E-state index contributed by atoms with van der Waals surface area (Å²) in [5, 5.41) is 10.5. The maximum atomic E-state index is 10.9. The fourth-order valence-corrected chi connectivity index (χ4v) is 1.58. The van der Waals surface area contributed by atoms with Gasteiger partial charge in [-0.3, -0.25) is 19.8 Å². The van der Waals surface area contributed by atoms with Crippen LogP contribution in [-0.2, 0) is 11.3 Å². The van der Waals surface area contributed by atoms with E-state index in [-0.39, 0.29) is 24.2 Å². The Labute approximate surface area is 106 Å². The molecule has 1 aromatic carbocycles. The van der Waals surface area contributed by atoms with E-state index in [1.807, 2.05) is 18.7 Å². The van der Waals surface area contributed by atoms with Crippen LogP contribution in [0, 0.1) is 10.1 Å². The molecule has 0 spiro atoms. The first kappa shape index (κ1) is 14.1. The Bertz CT molecular complexity index is 429. The van der Waals surface area contributed by atoms with Crippen LogP contribution in [0.1, 0.15) is 19.4 Å². The number of nitrogens with zero attached hydrogens (tertiary/aromatic N) is 2. The van der Waals surface area contributed by atoms with Crippen molar-refractivity contribution in [2.75, 3.05) is 6.54 Å². The lowest BCUT2D eigenvalue weighted by Gasteiger charge is -2.24. The van der Waals surface area contributed by atoms with Crippen molar-refractivity contribution < 1.29 is 9.72 Å². The van der Waals surface area contributed by atoms with Crippen LogP contribution in [0.15, 0.2) is 24.3 Å². The van der Waals surface area contributed by atoms with Crippen molar-refractivity contribution in [1.82, 2.24) is 4.90 Å². The van der Waals surface area contributed by atoms with Crippen molar-refractivity contribution in [1.29, 1.82) is 0 Å². The number of amides is 1. The van der Waals surface area contributed by atoms with Gasteiger partial charge in [-0.15, -0.1) is 0 Å². The standard InChI is InChI=1S/C12H17N3O3/c1-9(2)14(8-12(13)16)7-10-3-5-11(6-4-10)15(17)18/h3-6,9H,7-8H2,1-2H3,(H2,13,16). The number of nitrogens with two attached hydrogens (primary N) is 1. The average Bonchev–Trinajstić information content (AvgIpc) is 2.28. The Morgan fingerprint density at radius 2 is 1.94 bits per heavy atom. The van der Waals surface area contributed by atoms with Crippen molar-refractivity contribution in [3.8, 4) is 0 Å². The predicted octanol–water partition coefficient (Wildman–Crippen LogP) is 1.29. The number of carbonyl (C=O) groups excluding carboxylic acids is 1. The molecule has 6 heteroatoms. The van der Waals surface area contributed by atoms with E-state index in [9.17, 15) is 14.9 Å². The summed E-state index contributed by atoms with van der Waals surface area (Å²) in [7, 11) is 0. The second kappa shape index (κ2) is 6.11. The summed E-state index contributed by atoms with van der Waals surface area (Å²) in [6.45, 7) is 4.65. The molecule has 0 radical (unpaired) electrons. The number of hydrogen-bond acceptors (Lipinski definition) is 4. The lowest BCUT2D eigenvalue weighted by Crippen LogP contribution is -2.37. The van der Waals surface area contributed by atoms with Gasteiger partial charge in [0.15, 0.2) is 0 Å². The third kappa shape index (κ3) is 4.14. The van der Waals surface area contributed by atoms with Crippen molar-refractivity contribution >= 4 is 11.6 Å². The lowest BCUT2D eigenvalue weighted by molar-refractivity contribution is -0.384. The molecule has 0 saturated carbocycles. The van der Waals surface area contributed by atoms with Gasteiger partial charge in [0.05, 0.1) is 11.5 Å². The number of nitro groups is 1. The Hall–Kier alpha value is -1.95. The molecule has 18 heavy (non-hydrogen) atoms. The Morgan fingerprint density at radius 1 is 1.39 bits per heavy atom. The lowest BCUT2D eigenvalue weighted by atomic mass is 10.1. The molecule has 0 bridgehead atoms. The van der Waals surface area contributed by atoms with Gasteiger partial charge in [-0.2, -0.15) is 0 Å². The van der Waals surface area contributed by atoms with Crippen molar-refractivity contribution in [3.05, 3.63) is 39.9 Å². The van der Waals surface area contributed by atoms with Crippen molar-refractivity contribution in [2.24, 2.45) is 5.73 Å². The monoisotopic (exact) mass is 251 g/mol. The van der Waals surface area contributed by atoms with Crippen LogP contribution in [0.3, 0.4) is 0 Å². The molecule has 0 aromatic heterocycles. The molecule has 0 aliphatic carbocycles. The summed E-state index contributed by atoms with van der Waals surface area (Å²) < 4.78 is 0. The van der Waals surface area contributed by atoms with Gasteiger partial charge < -0.3 is 5.73 Å². The molecule has 0 heterocycles. The molecule has 0 atom stereocenters. The highest BCUT2D eigenvalue weighted by Crippen LogP contribution is 2.14. The van der Waals surface area contributed by atoms with Crippen LogP contribution in [0.2, 0.25) is 0 Å². The maximum absolute atomic E-state index is 10.9. The van der Waals surface area contributed by atoms with E-state index in [1.165, 1.54) is 12.1 Å². The molecule has 0 aliphatic heterocycles. The largest absolute Gasteiger partial charge is 0.369 e. The smallest absolute Gasteiger partial charge is 0.269 e. The van der Waals surface area contributed by atoms with E-state index in [2.05, 4.69) is 0 Å². The topological polar surface area (TPSA) is 89.5 Å². The number of nitro benzene ring substituents is 1. The first-order valence-corrected chi connectivity index (χ1v) is 5.66. The van der Waals surface area contributed by atoms with Crippen molar-refractivity contribution in [2.45, 2.75) is 26.4 Å². The average molecular weight is 251 g/mol. The summed E-state index contributed by atoms with van der Waals surface area (Å²) >= 11 is 0. The normalized spacial score (nSPS) is 10.9. The first-order valence-electron chi connectivity index (χ1n) is 5.66. The van der Waals surface area contributed by atoms with Crippen LogP contribution < -0.4 is 5.73 Å². The molecular weight excluding hydrogens is 234 g/mol. The summed E-state index contributed by atoms with van der Waals surface area (Å²) in [5.74, 6) is -0.384. The fourth-order valence-electron chi connectivity index (χ4n) is 1.58. The minimum absolute atomic E-state index is 0.0600. The van der Waals surface area contributed by atoms with E-state index in [1.54, 1.807) is 12.1 Å². The van der Waals surface area contributed by atoms with Crippen LogP contribution >= 0.6 is 0 Å². The quantitative estimate of drug-likeness (QED) is 0.609. The Balaban J connectivity index is 2.74. The zero-order valence-corrected chi connectivity index (χ0v) is 10.5. The van der Waals surface area contributed by atoms with E-state index in [0.29, 0.717) is 6.54 Å². The molecule has 0 fully saturated rings. The van der Waals surface area contributed by atoms with Crippen LogP contribution in [0.4, 0.5) is 5.69 Å². The molecule has 6 nitrogen and oxygen atoms in total. The van der Waals surface area contributed by atoms with Crippen molar-refractivity contribution in [3.63, 3.8) is 0 Å². The first-order chi connectivity index (χ1) is 8.40. The van der Waals surface area contributed by atoms with Gasteiger partial charge in [-0.25, -0.2) is 0 Å². The second-order valence-electron chi connectivity index (χ2n) is 4.39. The molecule has 0 aliphatic rings. The van der Waals surface area contributed by atoms with E-state index in [4.69, 9.17) is 5.73 Å². The highest BCUT2D eigenvalue weighted by atomic mass is 16.6. The Morgan fingerprint density at radius 3 is 2.33 bits per heavy atom. The number of hydrogen-bond donors (Lipinski definition) is 1. The number of benzene rings is 1. The van der Waals surface area contributed by atoms with Crippen LogP contribution in [0.5, 0.6) is 0 Å². The summed E-state index contributed by atoms with van der Waals surface area (Å²) in [5.41, 5.74) is 6.15. The number of non-ortho nitro benzene ring substituents is 1. The number of carbonyl (C=O) groups is 1. The van der Waals surface area contributed by atoms with Gasteiger partial charge in [0.25, 0.3) is 5.69 Å². The third-order valence-electron chi connectivity index (χ3n) is 2.62. The Kier molecular flexibility index (Phi) is 4.79. The SMILES string of the molecule is CC(C)N(CC(N)=O)Cc1ccc([N+](=O)[O-])cc1. The van der Waals surface area contributed by atoms with E-state index >= 15 is 0 Å². The second-order valence-corrected chi connectivity index (χ2v) is 4.39. The molecule has 2 N–H and O–H groups in total. The molecule has 1 aromatic rings. The predicted molar refractivity (Wildman–Crippen MR) is 67.8 cm³/mol. The third-order valence-corrected chi connectivity index (χ3v) is 2.62. The van der Waals surface area contributed by atoms with Gasteiger partial charge in [0, 0.05) is 24.7 Å². The van der Waals surface area contributed by atoms with Gasteiger partial charge in [0.1, 0.15) is 0 Å². The highest BCUT2D eigenvalue weighted by Gasteiger charge is 2.13. The fraction of sp³-hybridized carbons (Fsp3) is 0.417. The van der Waals surface area contributed by atoms with E-state index < -0.39 is 4.92 Å². The van der Waals surface area contributed by atoms with Gasteiger partial charge in [0.2, 0.25) is 5.91 Å². The van der Waals surface area contributed by atoms with Gasteiger partial charge in [-0.1, -0.05) is 12.1 Å². The minimum atomic E-state index is -0.437. The summed E-state index contributed by atoms with van der Waals surface area (Å²) in [4.78, 5) is 22.9. The zero-order chi connectivity index (χ0) is 13.7. The zero-order valence-electron chi connectivity index (χ0n) is 10.5. The number of primary amides is 1. The molecule has 1 rings (SSSR count). The number of rotatable bonds is 6. The van der Waals surface area contributed by atoms with E-state index in [0.717, 1.165) is 5.56 Å². The molecule has 98 valence electrons. The molecule has 0 saturated heterocycles. The maximum Gasteiger partial charge on any atom is 0.269 e. The molecule has 0 unspecified atom stereocenters. The van der Waals surface area contributed by atoms with Gasteiger partial charge >= 0.3 is 0 Å². The molecular formula is C12H17N3O3. The van der Waals surface area contributed by atoms with Crippen LogP contribution in [-0.4, -0.2) is 28.3 Å². The van der Waals surface area contributed by atoms with Crippen LogP contribution in [0.25, 0.3) is 0 Å². The molecule has 1 amide bonds. The van der Waals surface area contributed by atoms with Gasteiger partial charge in [-0.05, 0) is 19.4 Å². The minimum Gasteiger partial charge on any atom is -0.369 e. The highest BCUT2D eigenvalue weighted by molar-refractivity contribution is 5.75. The summed E-state index contributed by atoms with van der Waals surface area (Å²) in [6.07, 6.45) is 0.